The number of hydrogen-bond donors (Lipinski definition) is 1. The Morgan fingerprint density at radius 1 is 1.57 bits per heavy atom. The van der Waals surface area contributed by atoms with Gasteiger partial charge in [0.15, 0.2) is 0 Å². The third-order valence-electron chi connectivity index (χ3n) is 2.89. The van der Waals surface area contributed by atoms with Gasteiger partial charge in [0.1, 0.15) is 5.82 Å². The van der Waals surface area contributed by atoms with Gasteiger partial charge in [0, 0.05) is 19.2 Å². The van der Waals surface area contributed by atoms with Gasteiger partial charge in [0.25, 0.3) is 0 Å². The highest BCUT2D eigenvalue weighted by Gasteiger charge is 2.18. The molecule has 1 saturated carbocycles. The van der Waals surface area contributed by atoms with Gasteiger partial charge < -0.3 is 5.32 Å². The molecule has 0 radical (unpaired) electrons. The van der Waals surface area contributed by atoms with Crippen molar-refractivity contribution in [3.05, 3.63) is 11.8 Å². The molecule has 0 atom stereocenters. The lowest BCUT2D eigenvalue weighted by molar-refractivity contribution is 0.442. The van der Waals surface area contributed by atoms with Crippen molar-refractivity contribution >= 4 is 5.82 Å². The van der Waals surface area contributed by atoms with E-state index in [1.165, 1.54) is 37.2 Å². The molecule has 1 fully saturated rings. The zero-order valence-electron chi connectivity index (χ0n) is 9.08. The maximum atomic E-state index is 4.47. The van der Waals surface area contributed by atoms with Gasteiger partial charge in [-0.2, -0.15) is 5.10 Å². The van der Waals surface area contributed by atoms with Crippen molar-refractivity contribution < 1.29 is 0 Å². The Bertz CT molecular complexity index is 299. The second kappa shape index (κ2) is 4.03. The van der Waals surface area contributed by atoms with Crippen molar-refractivity contribution in [2.45, 2.75) is 45.1 Å². The summed E-state index contributed by atoms with van der Waals surface area (Å²) in [5.74, 6) is 1.18. The normalized spacial score (nSPS) is 16.7. The predicted molar refractivity (Wildman–Crippen MR) is 58.5 cm³/mol. The molecule has 1 aliphatic carbocycles. The molecular formula is C11H19N3. The van der Waals surface area contributed by atoms with Crippen molar-refractivity contribution in [3.63, 3.8) is 0 Å². The Kier molecular flexibility index (Phi) is 2.75. The predicted octanol–water partition coefficient (Wildman–Crippen LogP) is 2.34. The van der Waals surface area contributed by atoms with Crippen LogP contribution in [-0.4, -0.2) is 15.8 Å². The van der Waals surface area contributed by atoms with Crippen molar-refractivity contribution in [1.29, 1.82) is 0 Å². The minimum atomic E-state index is 0.694. The van der Waals surface area contributed by atoms with E-state index in [-0.39, 0.29) is 0 Å². The standard InChI is InChI=1S/C11H19N3/c1-3-5-10-8-11(14(2)13-10)12-9-6-4-7-9/h8-9,12H,3-7H2,1-2H3. The smallest absolute Gasteiger partial charge is 0.124 e. The first-order valence-electron chi connectivity index (χ1n) is 5.59. The van der Waals surface area contributed by atoms with Crippen LogP contribution in [-0.2, 0) is 13.5 Å². The summed E-state index contributed by atoms with van der Waals surface area (Å²) in [4.78, 5) is 0. The summed E-state index contributed by atoms with van der Waals surface area (Å²) in [7, 11) is 2.01. The van der Waals surface area contributed by atoms with Crippen LogP contribution in [0.25, 0.3) is 0 Å². The first-order chi connectivity index (χ1) is 6.79. The van der Waals surface area contributed by atoms with Gasteiger partial charge in [-0.25, -0.2) is 0 Å². The van der Waals surface area contributed by atoms with Gasteiger partial charge in [0.05, 0.1) is 5.69 Å². The number of rotatable bonds is 4. The summed E-state index contributed by atoms with van der Waals surface area (Å²) >= 11 is 0. The Balaban J connectivity index is 2.00. The quantitative estimate of drug-likeness (QED) is 0.795. The fraction of sp³-hybridized carbons (Fsp3) is 0.727. The molecule has 1 aliphatic rings. The number of nitrogens with one attached hydrogen (secondary N) is 1. The molecule has 0 amide bonds. The fourth-order valence-corrected chi connectivity index (χ4v) is 1.80. The molecule has 1 aromatic heterocycles. The van der Waals surface area contributed by atoms with E-state index in [4.69, 9.17) is 0 Å². The summed E-state index contributed by atoms with van der Waals surface area (Å²) in [5.41, 5.74) is 1.21. The van der Waals surface area contributed by atoms with Gasteiger partial charge in [0.2, 0.25) is 0 Å². The molecule has 0 spiro atoms. The molecule has 14 heavy (non-hydrogen) atoms. The highest BCUT2D eigenvalue weighted by molar-refractivity contribution is 5.38. The summed E-state index contributed by atoms with van der Waals surface area (Å²) < 4.78 is 1.96. The topological polar surface area (TPSA) is 29.9 Å². The second-order valence-electron chi connectivity index (χ2n) is 4.17. The number of nitrogens with zero attached hydrogens (tertiary/aromatic N) is 2. The SMILES string of the molecule is CCCc1cc(NC2CCC2)n(C)n1. The molecule has 1 heterocycles. The first kappa shape index (κ1) is 9.56. The van der Waals surface area contributed by atoms with E-state index >= 15 is 0 Å². The molecule has 0 saturated heterocycles. The van der Waals surface area contributed by atoms with Gasteiger partial charge in [-0.15, -0.1) is 0 Å². The van der Waals surface area contributed by atoms with E-state index in [2.05, 4.69) is 23.4 Å². The van der Waals surface area contributed by atoms with Crippen LogP contribution < -0.4 is 5.32 Å². The molecule has 0 unspecified atom stereocenters. The van der Waals surface area contributed by atoms with Crippen LogP contribution in [0.1, 0.15) is 38.3 Å². The molecule has 78 valence electrons. The van der Waals surface area contributed by atoms with Crippen LogP contribution >= 0.6 is 0 Å². The summed E-state index contributed by atoms with van der Waals surface area (Å²) in [6.07, 6.45) is 6.25. The molecule has 0 aromatic carbocycles. The second-order valence-corrected chi connectivity index (χ2v) is 4.17. The largest absolute Gasteiger partial charge is 0.368 e. The maximum Gasteiger partial charge on any atom is 0.124 e. The molecule has 1 aromatic rings. The fourth-order valence-electron chi connectivity index (χ4n) is 1.80. The van der Waals surface area contributed by atoms with Gasteiger partial charge in [-0.05, 0) is 25.7 Å². The minimum Gasteiger partial charge on any atom is -0.368 e. The van der Waals surface area contributed by atoms with Crippen molar-refractivity contribution in [2.24, 2.45) is 7.05 Å². The summed E-state index contributed by atoms with van der Waals surface area (Å²) in [5, 5.41) is 7.99. The van der Waals surface area contributed by atoms with E-state index in [0.29, 0.717) is 6.04 Å². The molecule has 0 aliphatic heterocycles. The number of hydrogen-bond acceptors (Lipinski definition) is 2. The number of aryl methyl sites for hydroxylation is 2. The van der Waals surface area contributed by atoms with Crippen LogP contribution in [0.15, 0.2) is 6.07 Å². The highest BCUT2D eigenvalue weighted by Crippen LogP contribution is 2.23. The van der Waals surface area contributed by atoms with Crippen molar-refractivity contribution in [1.82, 2.24) is 9.78 Å². The molecule has 1 N–H and O–H groups in total. The lowest BCUT2D eigenvalue weighted by atomic mass is 9.93. The van der Waals surface area contributed by atoms with Crippen LogP contribution in [0.2, 0.25) is 0 Å². The van der Waals surface area contributed by atoms with Crippen LogP contribution in [0.4, 0.5) is 5.82 Å². The summed E-state index contributed by atoms with van der Waals surface area (Å²) in [6, 6.07) is 2.88. The lowest BCUT2D eigenvalue weighted by Gasteiger charge is -2.27. The Hall–Kier alpha value is -0.990. The molecule has 0 bridgehead atoms. The Morgan fingerprint density at radius 3 is 2.93 bits per heavy atom. The van der Waals surface area contributed by atoms with E-state index in [1.54, 1.807) is 0 Å². The lowest BCUT2D eigenvalue weighted by Crippen LogP contribution is -2.27. The van der Waals surface area contributed by atoms with Gasteiger partial charge >= 0.3 is 0 Å². The van der Waals surface area contributed by atoms with Crippen molar-refractivity contribution in [2.75, 3.05) is 5.32 Å². The van der Waals surface area contributed by atoms with Crippen LogP contribution in [0.3, 0.4) is 0 Å². The van der Waals surface area contributed by atoms with E-state index in [1.807, 2.05) is 11.7 Å². The molecule has 3 heteroatoms. The summed E-state index contributed by atoms with van der Waals surface area (Å²) in [6.45, 7) is 2.19. The zero-order chi connectivity index (χ0) is 9.97. The Morgan fingerprint density at radius 2 is 2.36 bits per heavy atom. The molecule has 3 nitrogen and oxygen atoms in total. The number of aromatic nitrogens is 2. The van der Waals surface area contributed by atoms with Crippen molar-refractivity contribution in [3.8, 4) is 0 Å². The maximum absolute atomic E-state index is 4.47. The van der Waals surface area contributed by atoms with Gasteiger partial charge in [-0.1, -0.05) is 13.3 Å². The third kappa shape index (κ3) is 1.91. The monoisotopic (exact) mass is 193 g/mol. The average Bonchev–Trinajstić information content (AvgIpc) is 2.40. The Labute approximate surface area is 85.5 Å². The molecule has 2 rings (SSSR count). The third-order valence-corrected chi connectivity index (χ3v) is 2.89. The number of anilines is 1. The van der Waals surface area contributed by atoms with Gasteiger partial charge in [-0.3, -0.25) is 4.68 Å². The first-order valence-corrected chi connectivity index (χ1v) is 5.59. The van der Waals surface area contributed by atoms with E-state index < -0.39 is 0 Å². The van der Waals surface area contributed by atoms with Crippen LogP contribution in [0.5, 0.6) is 0 Å². The van der Waals surface area contributed by atoms with Crippen LogP contribution in [0, 0.1) is 0 Å². The highest BCUT2D eigenvalue weighted by atomic mass is 15.3. The zero-order valence-corrected chi connectivity index (χ0v) is 9.08. The van der Waals surface area contributed by atoms with E-state index in [0.717, 1.165) is 6.42 Å². The average molecular weight is 193 g/mol. The van der Waals surface area contributed by atoms with E-state index in [9.17, 15) is 0 Å². The minimum absolute atomic E-state index is 0.694. The molecular weight excluding hydrogens is 174 g/mol.